The Kier molecular flexibility index (Phi) is 3.63. The maximum Gasteiger partial charge on any atom is 0.0906 e. The minimum atomic E-state index is 0.773. The highest BCUT2D eigenvalue weighted by Crippen LogP contribution is 2.27. The van der Waals surface area contributed by atoms with Crippen molar-refractivity contribution in [1.82, 2.24) is 4.98 Å². The lowest BCUT2D eigenvalue weighted by Gasteiger charge is -2.31. The number of anilines is 1. The number of pyridine rings is 1. The molecule has 2 aromatic rings. The fourth-order valence-corrected chi connectivity index (χ4v) is 2.62. The quantitative estimate of drug-likeness (QED) is 0.687. The molecule has 1 aromatic heterocycles. The van der Waals surface area contributed by atoms with Gasteiger partial charge in [-0.3, -0.25) is 4.98 Å². The van der Waals surface area contributed by atoms with E-state index < -0.39 is 0 Å². The van der Waals surface area contributed by atoms with Crippen LogP contribution in [0.3, 0.4) is 0 Å². The van der Waals surface area contributed by atoms with Gasteiger partial charge in [0, 0.05) is 49.1 Å². The van der Waals surface area contributed by atoms with Crippen molar-refractivity contribution < 1.29 is 5.21 Å². The van der Waals surface area contributed by atoms with Crippen LogP contribution in [0.2, 0.25) is 0 Å². The van der Waals surface area contributed by atoms with Gasteiger partial charge in [0.15, 0.2) is 0 Å². The number of para-hydroxylation sites is 1. The highest BCUT2D eigenvalue weighted by Gasteiger charge is 2.21. The molecule has 0 bridgehead atoms. The first-order chi connectivity index (χ1) is 9.88. The predicted molar refractivity (Wildman–Crippen MR) is 79.5 cm³/mol. The molecule has 1 N–H and O–H groups in total. The smallest absolute Gasteiger partial charge is 0.0906 e. The Labute approximate surface area is 118 Å². The zero-order chi connectivity index (χ0) is 13.8. The zero-order valence-electron chi connectivity index (χ0n) is 11.2. The fourth-order valence-electron chi connectivity index (χ4n) is 2.62. The predicted octanol–water partition coefficient (Wildman–Crippen LogP) is 2.71. The molecule has 0 atom stereocenters. The Balaban J connectivity index is 1.78. The van der Waals surface area contributed by atoms with E-state index in [1.807, 2.05) is 36.5 Å². The average molecular weight is 267 g/mol. The first kappa shape index (κ1) is 12.7. The maximum atomic E-state index is 9.09. The van der Waals surface area contributed by atoms with Crippen LogP contribution >= 0.6 is 0 Å². The minimum absolute atomic E-state index is 0.773. The summed E-state index contributed by atoms with van der Waals surface area (Å²) in [4.78, 5) is 6.69. The Bertz CT molecular complexity index is 610. The third kappa shape index (κ3) is 2.50. The number of rotatable bonds is 3. The SMILES string of the molecule is ON=C1CCN(CCc2ccccn2)c2ccccc21. The normalized spacial score (nSPS) is 16.2. The highest BCUT2D eigenvalue weighted by atomic mass is 16.4. The molecule has 2 heterocycles. The van der Waals surface area contributed by atoms with Gasteiger partial charge in [-0.05, 0) is 18.2 Å². The Morgan fingerprint density at radius 2 is 2.00 bits per heavy atom. The number of aromatic nitrogens is 1. The summed E-state index contributed by atoms with van der Waals surface area (Å²) in [5, 5.41) is 12.5. The van der Waals surface area contributed by atoms with E-state index in [4.69, 9.17) is 5.21 Å². The van der Waals surface area contributed by atoms with Crippen molar-refractivity contribution in [2.45, 2.75) is 12.8 Å². The number of fused-ring (bicyclic) bond motifs is 1. The van der Waals surface area contributed by atoms with Crippen LogP contribution in [-0.2, 0) is 6.42 Å². The first-order valence-electron chi connectivity index (χ1n) is 6.83. The number of oxime groups is 1. The van der Waals surface area contributed by atoms with E-state index in [2.05, 4.69) is 27.2 Å². The minimum Gasteiger partial charge on any atom is -0.411 e. The molecule has 0 radical (unpaired) electrons. The van der Waals surface area contributed by atoms with Gasteiger partial charge in [-0.25, -0.2) is 0 Å². The molecule has 0 saturated heterocycles. The summed E-state index contributed by atoms with van der Waals surface area (Å²) in [6, 6.07) is 14.1. The molecule has 1 aromatic carbocycles. The van der Waals surface area contributed by atoms with Crippen molar-refractivity contribution in [3.05, 3.63) is 59.9 Å². The second-order valence-electron chi connectivity index (χ2n) is 4.87. The topological polar surface area (TPSA) is 48.7 Å². The molecular formula is C16H17N3O. The van der Waals surface area contributed by atoms with Crippen LogP contribution in [0.25, 0.3) is 0 Å². The van der Waals surface area contributed by atoms with Crippen molar-refractivity contribution in [3.8, 4) is 0 Å². The Hall–Kier alpha value is -2.36. The monoisotopic (exact) mass is 267 g/mol. The molecular weight excluding hydrogens is 250 g/mol. The molecule has 0 spiro atoms. The van der Waals surface area contributed by atoms with E-state index in [1.165, 1.54) is 0 Å². The van der Waals surface area contributed by atoms with E-state index in [0.29, 0.717) is 0 Å². The van der Waals surface area contributed by atoms with Crippen LogP contribution in [0.15, 0.2) is 53.8 Å². The number of hydrogen-bond donors (Lipinski definition) is 1. The summed E-state index contributed by atoms with van der Waals surface area (Å²) < 4.78 is 0. The molecule has 0 fully saturated rings. The average Bonchev–Trinajstić information content (AvgIpc) is 2.53. The van der Waals surface area contributed by atoms with Crippen molar-refractivity contribution in [3.63, 3.8) is 0 Å². The molecule has 1 aliphatic heterocycles. The van der Waals surface area contributed by atoms with Gasteiger partial charge in [-0.15, -0.1) is 0 Å². The lowest BCUT2D eigenvalue weighted by Crippen LogP contribution is -2.34. The van der Waals surface area contributed by atoms with Gasteiger partial charge >= 0.3 is 0 Å². The molecule has 4 heteroatoms. The van der Waals surface area contributed by atoms with E-state index in [1.54, 1.807) is 0 Å². The summed E-state index contributed by atoms with van der Waals surface area (Å²) in [6.07, 6.45) is 3.52. The van der Waals surface area contributed by atoms with Gasteiger partial charge in [0.2, 0.25) is 0 Å². The molecule has 0 aliphatic carbocycles. The van der Waals surface area contributed by atoms with Crippen LogP contribution in [0, 0.1) is 0 Å². The van der Waals surface area contributed by atoms with Gasteiger partial charge in [-0.1, -0.05) is 29.4 Å². The summed E-state index contributed by atoms with van der Waals surface area (Å²) in [5.74, 6) is 0. The van der Waals surface area contributed by atoms with Crippen LogP contribution in [0.4, 0.5) is 5.69 Å². The number of nitrogens with zero attached hydrogens (tertiary/aromatic N) is 3. The number of hydrogen-bond acceptors (Lipinski definition) is 4. The lowest BCUT2D eigenvalue weighted by molar-refractivity contribution is 0.317. The molecule has 0 amide bonds. The standard InChI is InChI=1S/C16H17N3O/c20-18-15-9-12-19(16-7-2-1-6-14(15)16)11-8-13-5-3-4-10-17-13/h1-7,10,20H,8-9,11-12H2. The largest absolute Gasteiger partial charge is 0.411 e. The molecule has 102 valence electrons. The van der Waals surface area contributed by atoms with E-state index >= 15 is 0 Å². The Morgan fingerprint density at radius 3 is 2.80 bits per heavy atom. The van der Waals surface area contributed by atoms with Crippen LogP contribution < -0.4 is 4.90 Å². The summed E-state index contributed by atoms with van der Waals surface area (Å²) in [6.45, 7) is 1.80. The van der Waals surface area contributed by atoms with Crippen LogP contribution in [0.1, 0.15) is 17.7 Å². The summed E-state index contributed by atoms with van der Waals surface area (Å²) >= 11 is 0. The van der Waals surface area contributed by atoms with Crippen molar-refractivity contribution in [1.29, 1.82) is 0 Å². The molecule has 0 saturated carbocycles. The van der Waals surface area contributed by atoms with E-state index in [9.17, 15) is 0 Å². The van der Waals surface area contributed by atoms with E-state index in [-0.39, 0.29) is 0 Å². The molecule has 1 aliphatic rings. The number of benzene rings is 1. The van der Waals surface area contributed by atoms with Crippen molar-refractivity contribution >= 4 is 11.4 Å². The highest BCUT2D eigenvalue weighted by molar-refractivity contribution is 6.06. The zero-order valence-corrected chi connectivity index (χ0v) is 11.2. The summed E-state index contributed by atoms with van der Waals surface area (Å²) in [5.41, 5.74) is 4.05. The molecule has 3 rings (SSSR count). The second kappa shape index (κ2) is 5.74. The van der Waals surface area contributed by atoms with Gasteiger partial charge in [0.1, 0.15) is 0 Å². The molecule has 0 unspecified atom stereocenters. The fraction of sp³-hybridized carbons (Fsp3) is 0.250. The van der Waals surface area contributed by atoms with Crippen LogP contribution in [-0.4, -0.2) is 29.0 Å². The van der Waals surface area contributed by atoms with Crippen molar-refractivity contribution in [2.24, 2.45) is 5.16 Å². The Morgan fingerprint density at radius 1 is 1.15 bits per heavy atom. The van der Waals surface area contributed by atoms with Gasteiger partial charge in [0.05, 0.1) is 5.71 Å². The maximum absolute atomic E-state index is 9.09. The van der Waals surface area contributed by atoms with Crippen LogP contribution in [0.5, 0.6) is 0 Å². The third-order valence-corrected chi connectivity index (χ3v) is 3.66. The third-order valence-electron chi connectivity index (χ3n) is 3.66. The summed E-state index contributed by atoms with van der Waals surface area (Å²) in [7, 11) is 0. The van der Waals surface area contributed by atoms with E-state index in [0.717, 1.165) is 48.6 Å². The second-order valence-corrected chi connectivity index (χ2v) is 4.87. The van der Waals surface area contributed by atoms with Gasteiger partial charge in [-0.2, -0.15) is 0 Å². The molecule has 20 heavy (non-hydrogen) atoms. The van der Waals surface area contributed by atoms with Crippen molar-refractivity contribution in [2.75, 3.05) is 18.0 Å². The lowest BCUT2D eigenvalue weighted by atomic mass is 9.99. The first-order valence-corrected chi connectivity index (χ1v) is 6.83. The van der Waals surface area contributed by atoms with Gasteiger partial charge < -0.3 is 10.1 Å². The van der Waals surface area contributed by atoms with Gasteiger partial charge in [0.25, 0.3) is 0 Å². The molecule has 4 nitrogen and oxygen atoms in total.